The molecular formula is C14H22N4O2. The normalized spacial score (nSPS) is 29.6. The summed E-state index contributed by atoms with van der Waals surface area (Å²) in [6, 6.07) is 0. The summed E-state index contributed by atoms with van der Waals surface area (Å²) in [4.78, 5) is 14.2. The second-order valence-electron chi connectivity index (χ2n) is 5.24. The van der Waals surface area contributed by atoms with Crippen molar-refractivity contribution in [1.29, 1.82) is 0 Å². The maximum Gasteiger partial charge on any atom is 0.274 e. The van der Waals surface area contributed by atoms with Gasteiger partial charge < -0.3 is 15.3 Å². The van der Waals surface area contributed by atoms with Crippen LogP contribution in [0.15, 0.2) is 29.2 Å². The first kappa shape index (κ1) is 14.7. The van der Waals surface area contributed by atoms with E-state index >= 15 is 0 Å². The summed E-state index contributed by atoms with van der Waals surface area (Å²) < 4.78 is 0. The highest BCUT2D eigenvalue weighted by Crippen LogP contribution is 2.23. The van der Waals surface area contributed by atoms with E-state index in [0.29, 0.717) is 31.0 Å². The summed E-state index contributed by atoms with van der Waals surface area (Å²) in [5, 5.41) is 18.9. The Hall–Kier alpha value is -1.66. The number of likely N-dealkylation sites (tertiary alicyclic amines) is 1. The SMILES string of the molecule is C=C(CC)N1N=C(C2CN(C)CC2O)NC(=O)/C1=C/C. The third kappa shape index (κ3) is 2.62. The van der Waals surface area contributed by atoms with Crippen LogP contribution >= 0.6 is 0 Å². The van der Waals surface area contributed by atoms with E-state index in [0.717, 1.165) is 5.70 Å². The molecule has 2 aliphatic heterocycles. The number of amidine groups is 1. The number of hydrogen-bond acceptors (Lipinski definition) is 5. The Bertz CT molecular complexity index is 484. The first-order valence-electron chi connectivity index (χ1n) is 6.88. The number of hydrazone groups is 1. The summed E-state index contributed by atoms with van der Waals surface area (Å²) in [6.07, 6.45) is 1.91. The zero-order valence-corrected chi connectivity index (χ0v) is 12.3. The number of likely N-dealkylation sites (N-methyl/N-ethyl adjacent to an activating group) is 1. The first-order chi connectivity index (χ1) is 9.47. The van der Waals surface area contributed by atoms with E-state index in [1.807, 2.05) is 18.9 Å². The lowest BCUT2D eigenvalue weighted by atomic mass is 10.0. The predicted molar refractivity (Wildman–Crippen MR) is 77.6 cm³/mol. The second kappa shape index (κ2) is 5.76. The zero-order chi connectivity index (χ0) is 14.9. The Morgan fingerprint density at radius 1 is 1.60 bits per heavy atom. The van der Waals surface area contributed by atoms with Crippen LogP contribution < -0.4 is 5.32 Å². The van der Waals surface area contributed by atoms with Gasteiger partial charge in [0.05, 0.1) is 12.0 Å². The lowest BCUT2D eigenvalue weighted by Crippen LogP contribution is -2.48. The number of carbonyl (C=O) groups excluding carboxylic acids is 1. The van der Waals surface area contributed by atoms with Gasteiger partial charge in [-0.15, -0.1) is 0 Å². The third-order valence-electron chi connectivity index (χ3n) is 3.71. The van der Waals surface area contributed by atoms with Crippen molar-refractivity contribution < 1.29 is 9.90 Å². The number of allylic oxidation sites excluding steroid dienone is 2. The Morgan fingerprint density at radius 3 is 2.80 bits per heavy atom. The van der Waals surface area contributed by atoms with Crippen LogP contribution in [0.25, 0.3) is 0 Å². The predicted octanol–water partition coefficient (Wildman–Crippen LogP) is 0.482. The average Bonchev–Trinajstić information content (AvgIpc) is 2.75. The monoisotopic (exact) mass is 278 g/mol. The Kier molecular flexibility index (Phi) is 4.25. The molecule has 0 saturated carbocycles. The van der Waals surface area contributed by atoms with E-state index in [9.17, 15) is 9.90 Å². The van der Waals surface area contributed by atoms with Crippen LogP contribution in [-0.4, -0.2) is 53.0 Å². The van der Waals surface area contributed by atoms with Crippen molar-refractivity contribution in [3.63, 3.8) is 0 Å². The quantitative estimate of drug-likeness (QED) is 0.737. The molecule has 2 atom stereocenters. The van der Waals surface area contributed by atoms with Crippen molar-refractivity contribution in [2.75, 3.05) is 20.1 Å². The summed E-state index contributed by atoms with van der Waals surface area (Å²) in [7, 11) is 1.94. The third-order valence-corrected chi connectivity index (χ3v) is 3.71. The van der Waals surface area contributed by atoms with E-state index in [2.05, 4.69) is 17.0 Å². The molecular weight excluding hydrogens is 256 g/mol. The fourth-order valence-corrected chi connectivity index (χ4v) is 2.52. The summed E-state index contributed by atoms with van der Waals surface area (Å²) in [6.45, 7) is 8.98. The van der Waals surface area contributed by atoms with Gasteiger partial charge in [-0.2, -0.15) is 5.10 Å². The van der Waals surface area contributed by atoms with Crippen LogP contribution in [0.3, 0.4) is 0 Å². The van der Waals surface area contributed by atoms with Gasteiger partial charge in [0, 0.05) is 18.8 Å². The van der Waals surface area contributed by atoms with Gasteiger partial charge in [-0.05, 0) is 20.4 Å². The Balaban J connectivity index is 2.32. The Labute approximate surface area is 119 Å². The molecule has 20 heavy (non-hydrogen) atoms. The van der Waals surface area contributed by atoms with Gasteiger partial charge in [0.25, 0.3) is 5.91 Å². The number of β-amino-alcohol motifs (C(OH)–C–C–N with tert-alkyl or cyclic N) is 1. The number of carbonyl (C=O) groups is 1. The van der Waals surface area contributed by atoms with Crippen LogP contribution in [-0.2, 0) is 4.79 Å². The molecule has 0 aromatic rings. The van der Waals surface area contributed by atoms with E-state index in [-0.39, 0.29) is 11.8 Å². The van der Waals surface area contributed by atoms with Crippen molar-refractivity contribution in [3.8, 4) is 0 Å². The molecule has 0 spiro atoms. The fraction of sp³-hybridized carbons (Fsp3) is 0.571. The average molecular weight is 278 g/mol. The molecule has 0 aromatic heterocycles. The Morgan fingerprint density at radius 2 is 2.30 bits per heavy atom. The van der Waals surface area contributed by atoms with Crippen molar-refractivity contribution in [3.05, 3.63) is 24.0 Å². The van der Waals surface area contributed by atoms with Gasteiger partial charge >= 0.3 is 0 Å². The topological polar surface area (TPSA) is 68.2 Å². The molecule has 2 aliphatic rings. The van der Waals surface area contributed by atoms with Crippen LogP contribution in [0.4, 0.5) is 0 Å². The van der Waals surface area contributed by atoms with Crippen LogP contribution in [0.1, 0.15) is 20.3 Å². The molecule has 110 valence electrons. The fourth-order valence-electron chi connectivity index (χ4n) is 2.52. The number of nitrogens with zero attached hydrogens (tertiary/aromatic N) is 3. The van der Waals surface area contributed by atoms with Gasteiger partial charge in [0.2, 0.25) is 0 Å². The lowest BCUT2D eigenvalue weighted by Gasteiger charge is -2.30. The highest BCUT2D eigenvalue weighted by Gasteiger charge is 2.37. The minimum absolute atomic E-state index is 0.172. The lowest BCUT2D eigenvalue weighted by molar-refractivity contribution is -0.118. The zero-order valence-electron chi connectivity index (χ0n) is 12.3. The molecule has 1 fully saturated rings. The minimum Gasteiger partial charge on any atom is -0.391 e. The molecule has 2 unspecified atom stereocenters. The van der Waals surface area contributed by atoms with E-state index in [1.165, 1.54) is 0 Å². The van der Waals surface area contributed by atoms with E-state index in [4.69, 9.17) is 0 Å². The number of nitrogens with one attached hydrogen (secondary N) is 1. The second-order valence-corrected chi connectivity index (χ2v) is 5.24. The number of amides is 1. The summed E-state index contributed by atoms with van der Waals surface area (Å²) in [5.41, 5.74) is 1.23. The molecule has 0 bridgehead atoms. The molecule has 2 heterocycles. The largest absolute Gasteiger partial charge is 0.391 e. The van der Waals surface area contributed by atoms with Gasteiger partial charge in [0.1, 0.15) is 11.5 Å². The van der Waals surface area contributed by atoms with Crippen molar-refractivity contribution >= 4 is 11.7 Å². The molecule has 6 heteroatoms. The highest BCUT2D eigenvalue weighted by atomic mass is 16.3. The molecule has 0 radical (unpaired) electrons. The maximum atomic E-state index is 12.2. The minimum atomic E-state index is -0.511. The van der Waals surface area contributed by atoms with Gasteiger partial charge in [-0.3, -0.25) is 4.79 Å². The van der Waals surface area contributed by atoms with Crippen molar-refractivity contribution in [1.82, 2.24) is 15.2 Å². The van der Waals surface area contributed by atoms with Gasteiger partial charge in [-0.25, -0.2) is 5.01 Å². The van der Waals surface area contributed by atoms with Crippen molar-refractivity contribution in [2.24, 2.45) is 11.0 Å². The number of aliphatic hydroxyl groups is 1. The number of aliphatic hydroxyl groups excluding tert-OH is 1. The van der Waals surface area contributed by atoms with Crippen LogP contribution in [0.5, 0.6) is 0 Å². The van der Waals surface area contributed by atoms with Crippen LogP contribution in [0, 0.1) is 5.92 Å². The molecule has 0 aromatic carbocycles. The van der Waals surface area contributed by atoms with Gasteiger partial charge in [-0.1, -0.05) is 19.6 Å². The number of rotatable bonds is 3. The first-order valence-corrected chi connectivity index (χ1v) is 6.88. The summed E-state index contributed by atoms with van der Waals surface area (Å²) in [5.74, 6) is 0.149. The molecule has 2 rings (SSSR count). The standard InChI is InChI=1S/C14H22N4O2/c1-5-9(3)18-11(6-2)14(20)15-13(16-18)10-7-17(4)8-12(10)19/h6,10,12,19H,3,5,7-8H2,1-2,4H3,(H,15,16,20)/b11-6-. The van der Waals surface area contributed by atoms with E-state index in [1.54, 1.807) is 18.0 Å². The maximum absolute atomic E-state index is 12.2. The molecule has 0 aliphatic carbocycles. The molecule has 1 amide bonds. The van der Waals surface area contributed by atoms with E-state index < -0.39 is 6.10 Å². The van der Waals surface area contributed by atoms with Crippen LogP contribution in [0.2, 0.25) is 0 Å². The smallest absolute Gasteiger partial charge is 0.274 e. The van der Waals surface area contributed by atoms with Gasteiger partial charge in [0.15, 0.2) is 0 Å². The highest BCUT2D eigenvalue weighted by molar-refractivity contribution is 6.08. The molecule has 6 nitrogen and oxygen atoms in total. The molecule has 2 N–H and O–H groups in total. The van der Waals surface area contributed by atoms with Crippen molar-refractivity contribution in [2.45, 2.75) is 26.4 Å². The molecule has 1 saturated heterocycles. The summed E-state index contributed by atoms with van der Waals surface area (Å²) >= 11 is 0. The number of hydrogen-bond donors (Lipinski definition) is 2.